The van der Waals surface area contributed by atoms with Crippen molar-refractivity contribution < 1.29 is 9.53 Å². The normalized spacial score (nSPS) is 15.3. The molecule has 0 saturated heterocycles. The summed E-state index contributed by atoms with van der Waals surface area (Å²) in [5.41, 5.74) is 3.76. The number of halogens is 1. The molecule has 1 aliphatic heterocycles. The lowest BCUT2D eigenvalue weighted by Gasteiger charge is -2.29. The van der Waals surface area contributed by atoms with Crippen LogP contribution in [0.1, 0.15) is 42.4 Å². The van der Waals surface area contributed by atoms with Gasteiger partial charge in [-0.3, -0.25) is 9.79 Å². The van der Waals surface area contributed by atoms with Crippen molar-refractivity contribution in [1.29, 1.82) is 0 Å². The van der Waals surface area contributed by atoms with Crippen molar-refractivity contribution in [2.75, 3.05) is 26.7 Å². The first-order valence-electron chi connectivity index (χ1n) is 11.7. The number of carbonyl (C=O) groups excluding carboxylic acids is 1. The Kier molecular flexibility index (Phi) is 9.84. The number of hydrogen-bond donors (Lipinski definition) is 2. The molecule has 1 aliphatic carbocycles. The molecule has 0 atom stereocenters. The van der Waals surface area contributed by atoms with Gasteiger partial charge < -0.3 is 20.3 Å². The third-order valence-corrected chi connectivity index (χ3v) is 6.16. The summed E-state index contributed by atoms with van der Waals surface area (Å²) >= 11 is 0. The Hall–Kier alpha value is -2.29. The lowest BCUT2D eigenvalue weighted by atomic mass is 9.99. The fourth-order valence-corrected chi connectivity index (χ4v) is 4.00. The molecule has 2 aromatic rings. The van der Waals surface area contributed by atoms with Crippen molar-refractivity contribution in [3.8, 4) is 5.75 Å². The summed E-state index contributed by atoms with van der Waals surface area (Å²) in [6.45, 7) is 3.70. The number of fused-ring (bicyclic) bond motifs is 1. The average molecular weight is 562 g/mol. The van der Waals surface area contributed by atoms with E-state index in [-0.39, 0.29) is 29.9 Å². The summed E-state index contributed by atoms with van der Waals surface area (Å²) in [6, 6.07) is 16.6. The van der Waals surface area contributed by atoms with Crippen LogP contribution in [-0.4, -0.2) is 43.5 Å². The molecule has 6 nitrogen and oxygen atoms in total. The molecule has 2 aliphatic rings. The Morgan fingerprint density at radius 1 is 1.09 bits per heavy atom. The lowest BCUT2D eigenvalue weighted by molar-refractivity contribution is -0.132. The Morgan fingerprint density at radius 2 is 1.85 bits per heavy atom. The van der Waals surface area contributed by atoms with Gasteiger partial charge in [-0.25, -0.2) is 0 Å². The van der Waals surface area contributed by atoms with Crippen LogP contribution in [0, 0.1) is 5.92 Å². The highest BCUT2D eigenvalue weighted by Gasteiger charge is 2.22. The van der Waals surface area contributed by atoms with E-state index in [0.717, 1.165) is 55.7 Å². The minimum Gasteiger partial charge on any atom is -0.493 e. The maximum Gasteiger partial charge on any atom is 0.222 e. The fourth-order valence-electron chi connectivity index (χ4n) is 4.00. The van der Waals surface area contributed by atoms with Crippen molar-refractivity contribution in [3.05, 3.63) is 65.2 Å². The summed E-state index contributed by atoms with van der Waals surface area (Å²) < 4.78 is 5.99. The van der Waals surface area contributed by atoms with Crippen LogP contribution in [0.3, 0.4) is 0 Å². The van der Waals surface area contributed by atoms with Crippen LogP contribution in [-0.2, 0) is 24.3 Å². The maximum atomic E-state index is 12.6. The molecule has 178 valence electrons. The molecule has 0 aromatic heterocycles. The minimum absolute atomic E-state index is 0. The van der Waals surface area contributed by atoms with E-state index < -0.39 is 0 Å². The monoisotopic (exact) mass is 562 g/mol. The summed E-state index contributed by atoms with van der Waals surface area (Å²) in [5, 5.41) is 6.68. The summed E-state index contributed by atoms with van der Waals surface area (Å²) in [5.74, 6) is 2.64. The molecule has 0 bridgehead atoms. The second-order valence-corrected chi connectivity index (χ2v) is 8.65. The number of rotatable bonds is 9. The number of guanidine groups is 1. The van der Waals surface area contributed by atoms with Gasteiger partial charge in [0.1, 0.15) is 5.75 Å². The van der Waals surface area contributed by atoms with Gasteiger partial charge in [0.25, 0.3) is 0 Å². The molecule has 0 radical (unpaired) electrons. The van der Waals surface area contributed by atoms with Crippen molar-refractivity contribution >= 4 is 35.8 Å². The van der Waals surface area contributed by atoms with Gasteiger partial charge in [0.05, 0.1) is 6.61 Å². The quantitative estimate of drug-likeness (QED) is 0.209. The molecule has 0 unspecified atom stereocenters. The molecule has 33 heavy (non-hydrogen) atoms. The minimum atomic E-state index is 0. The highest BCUT2D eigenvalue weighted by molar-refractivity contribution is 14.0. The Morgan fingerprint density at radius 3 is 2.64 bits per heavy atom. The van der Waals surface area contributed by atoms with Gasteiger partial charge in [-0.05, 0) is 48.8 Å². The van der Waals surface area contributed by atoms with Crippen LogP contribution in [0.5, 0.6) is 5.75 Å². The molecule has 1 amide bonds. The SMILES string of the molecule is CN=C(NCCCC(=O)N1CCc2ccccc2C1)NCc1ccccc1OCC1CC1.I. The van der Waals surface area contributed by atoms with Crippen LogP contribution in [0.4, 0.5) is 0 Å². The third-order valence-electron chi connectivity index (χ3n) is 6.16. The van der Waals surface area contributed by atoms with Crippen molar-refractivity contribution in [3.63, 3.8) is 0 Å². The number of nitrogens with zero attached hydrogens (tertiary/aromatic N) is 2. The number of ether oxygens (including phenoxy) is 1. The van der Waals surface area contributed by atoms with Crippen LogP contribution in [0.15, 0.2) is 53.5 Å². The largest absolute Gasteiger partial charge is 0.493 e. The van der Waals surface area contributed by atoms with Gasteiger partial charge in [-0.2, -0.15) is 0 Å². The maximum absolute atomic E-state index is 12.6. The second-order valence-electron chi connectivity index (χ2n) is 8.65. The molecular formula is C26H35IN4O2. The number of carbonyl (C=O) groups is 1. The first kappa shape index (κ1) is 25.3. The van der Waals surface area contributed by atoms with Gasteiger partial charge >= 0.3 is 0 Å². The Balaban J connectivity index is 0.00000306. The summed E-state index contributed by atoms with van der Waals surface area (Å²) in [6.07, 6.45) is 4.83. The third kappa shape index (κ3) is 7.62. The molecule has 7 heteroatoms. The number of nitrogens with one attached hydrogen (secondary N) is 2. The molecule has 1 heterocycles. The number of aliphatic imine (C=N–C) groups is 1. The van der Waals surface area contributed by atoms with E-state index in [0.29, 0.717) is 19.5 Å². The molecule has 1 fully saturated rings. The van der Waals surface area contributed by atoms with E-state index in [1.807, 2.05) is 29.2 Å². The molecule has 0 spiro atoms. The van der Waals surface area contributed by atoms with Crippen molar-refractivity contribution in [1.82, 2.24) is 15.5 Å². The number of para-hydroxylation sites is 1. The standard InChI is InChI=1S/C26H34N4O2.HI/c1-27-26(29-17-22-8-4-5-10-24(22)32-19-20-12-13-20)28-15-6-11-25(31)30-16-14-21-7-2-3-9-23(21)18-30;/h2-5,7-10,20H,6,11-19H2,1H3,(H2,27,28,29);1H. The van der Waals surface area contributed by atoms with E-state index in [9.17, 15) is 4.79 Å². The molecule has 4 rings (SSSR count). The first-order valence-corrected chi connectivity index (χ1v) is 11.7. The Labute approximate surface area is 214 Å². The predicted molar refractivity (Wildman–Crippen MR) is 143 cm³/mol. The number of benzene rings is 2. The molecule has 2 N–H and O–H groups in total. The van der Waals surface area contributed by atoms with Crippen LogP contribution >= 0.6 is 24.0 Å². The van der Waals surface area contributed by atoms with Crippen molar-refractivity contribution in [2.24, 2.45) is 10.9 Å². The second kappa shape index (κ2) is 12.8. The summed E-state index contributed by atoms with van der Waals surface area (Å²) in [7, 11) is 1.77. The van der Waals surface area contributed by atoms with E-state index in [1.165, 1.54) is 24.0 Å². The van der Waals surface area contributed by atoms with E-state index in [4.69, 9.17) is 4.74 Å². The Bertz CT molecular complexity index is 945. The fraction of sp³-hybridized carbons (Fsp3) is 0.462. The van der Waals surface area contributed by atoms with Crippen LogP contribution in [0.2, 0.25) is 0 Å². The molecule has 1 saturated carbocycles. The van der Waals surface area contributed by atoms with Crippen molar-refractivity contribution in [2.45, 2.75) is 45.2 Å². The van der Waals surface area contributed by atoms with Gasteiger partial charge in [-0.1, -0.05) is 42.5 Å². The van der Waals surface area contributed by atoms with Crippen LogP contribution < -0.4 is 15.4 Å². The van der Waals surface area contributed by atoms with Gasteiger partial charge in [0, 0.05) is 45.2 Å². The molecular weight excluding hydrogens is 527 g/mol. The van der Waals surface area contributed by atoms with E-state index in [1.54, 1.807) is 7.05 Å². The lowest BCUT2D eigenvalue weighted by Crippen LogP contribution is -2.38. The average Bonchev–Trinajstić information content (AvgIpc) is 3.67. The summed E-state index contributed by atoms with van der Waals surface area (Å²) in [4.78, 5) is 18.9. The zero-order valence-corrected chi connectivity index (χ0v) is 21.7. The van der Waals surface area contributed by atoms with Gasteiger partial charge in [-0.15, -0.1) is 24.0 Å². The smallest absolute Gasteiger partial charge is 0.222 e. The highest BCUT2D eigenvalue weighted by atomic mass is 127. The van der Waals surface area contributed by atoms with Gasteiger partial charge in [0.15, 0.2) is 5.96 Å². The first-order chi connectivity index (χ1) is 15.7. The topological polar surface area (TPSA) is 66.0 Å². The number of hydrogen-bond acceptors (Lipinski definition) is 3. The zero-order chi connectivity index (χ0) is 22.2. The predicted octanol–water partition coefficient (Wildman–Crippen LogP) is 4.12. The van der Waals surface area contributed by atoms with E-state index >= 15 is 0 Å². The molecule has 2 aromatic carbocycles. The van der Waals surface area contributed by atoms with E-state index in [2.05, 4.69) is 39.9 Å². The highest BCUT2D eigenvalue weighted by Crippen LogP contribution is 2.30. The van der Waals surface area contributed by atoms with Crippen LogP contribution in [0.25, 0.3) is 0 Å². The number of amides is 1. The van der Waals surface area contributed by atoms with Gasteiger partial charge in [0.2, 0.25) is 5.91 Å². The zero-order valence-electron chi connectivity index (χ0n) is 19.4.